The molecule has 4 heteroatoms. The van der Waals surface area contributed by atoms with Crippen LogP contribution in [0.5, 0.6) is 0 Å². The van der Waals surface area contributed by atoms with E-state index < -0.39 is 0 Å². The zero-order valence-electron chi connectivity index (χ0n) is 7.67. The van der Waals surface area contributed by atoms with Crippen molar-refractivity contribution in [1.82, 2.24) is 5.32 Å². The predicted molar refractivity (Wildman–Crippen MR) is 64.6 cm³/mol. The molecule has 0 saturated carbocycles. The topological polar surface area (TPSA) is 12.0 Å². The molecule has 1 atom stereocenters. The molecule has 0 aliphatic carbocycles. The minimum absolute atomic E-state index is 0. The monoisotopic (exact) mass is 228 g/mol. The van der Waals surface area contributed by atoms with E-state index in [1.54, 1.807) is 0 Å². The molecule has 1 heterocycles. The van der Waals surface area contributed by atoms with Gasteiger partial charge in [0.1, 0.15) is 11.5 Å². The van der Waals surface area contributed by atoms with E-state index in [9.17, 15) is 0 Å². The number of hydrogen-bond donors (Lipinski definition) is 1. The molecule has 12 heavy (non-hydrogen) atoms. The van der Waals surface area contributed by atoms with Gasteiger partial charge in [-0.25, -0.2) is 0 Å². The van der Waals surface area contributed by atoms with E-state index in [4.69, 9.17) is 0 Å². The molecule has 1 rings (SSSR count). The Kier molecular flexibility index (Phi) is 9.22. The average Bonchev–Trinajstić information content (AvgIpc) is 2.07. The molecule has 0 aromatic carbocycles. The van der Waals surface area contributed by atoms with Crippen LogP contribution in [0.15, 0.2) is 0 Å². The highest BCUT2D eigenvalue weighted by Crippen LogP contribution is 2.25. The van der Waals surface area contributed by atoms with Gasteiger partial charge >= 0.3 is 0 Å². The van der Waals surface area contributed by atoms with Gasteiger partial charge < -0.3 is 5.32 Å². The fraction of sp³-hybridized carbons (Fsp3) is 1.00. The Morgan fingerprint density at radius 3 is 2.83 bits per heavy atom. The maximum absolute atomic E-state index is 3.20. The summed E-state index contributed by atoms with van der Waals surface area (Å²) in [5, 5.41) is 3.20. The molecule has 1 unspecified atom stereocenters. The van der Waals surface area contributed by atoms with Crippen molar-refractivity contribution in [1.29, 1.82) is 0 Å². The summed E-state index contributed by atoms with van der Waals surface area (Å²) >= 11 is 0. The molecule has 1 N–H and O–H groups in total. The lowest BCUT2D eigenvalue weighted by molar-refractivity contribution is 0.776. The second-order valence-electron chi connectivity index (χ2n) is 2.83. The number of nitrogens with one attached hydrogen (secondary N) is 1. The maximum Gasteiger partial charge on any atom is 0.121 e. The van der Waals surface area contributed by atoms with Crippen molar-refractivity contribution in [3.63, 3.8) is 0 Å². The van der Waals surface area contributed by atoms with Crippen molar-refractivity contribution in [2.45, 2.75) is 19.3 Å². The number of hydrogen-bond acceptors (Lipinski definition) is 2. The highest BCUT2D eigenvalue weighted by molar-refractivity contribution is 8.74. The van der Waals surface area contributed by atoms with Crippen LogP contribution in [0.2, 0.25) is 0 Å². The van der Waals surface area contributed by atoms with Gasteiger partial charge in [-0.3, -0.25) is 0 Å². The van der Waals surface area contributed by atoms with Gasteiger partial charge in [0.05, 0.1) is 20.7 Å². The van der Waals surface area contributed by atoms with E-state index in [0.717, 1.165) is 9.93 Å². The zero-order chi connectivity index (χ0) is 7.94. The first-order valence-electron chi connectivity index (χ1n) is 4.39. The predicted octanol–water partition coefficient (Wildman–Crippen LogP) is 2.08. The Hall–Kier alpha value is 0.950. The van der Waals surface area contributed by atoms with E-state index >= 15 is 0 Å². The van der Waals surface area contributed by atoms with Crippen LogP contribution < -0.4 is 5.32 Å². The first-order valence-corrected chi connectivity index (χ1v) is 7.45. The lowest BCUT2D eigenvalue weighted by Crippen LogP contribution is -2.17. The molecule has 74 valence electrons. The summed E-state index contributed by atoms with van der Waals surface area (Å²) in [6.07, 6.45) is 4.31. The zero-order valence-corrected chi connectivity index (χ0v) is 10.1. The molecule has 1 nitrogen and oxygen atoms in total. The minimum atomic E-state index is 0. The molecule has 0 spiro atoms. The third kappa shape index (κ3) is 5.57. The van der Waals surface area contributed by atoms with E-state index in [2.05, 4.69) is 16.1 Å². The maximum atomic E-state index is 3.20. The molecule has 1 aliphatic rings. The number of rotatable bonds is 4. The molecular weight excluding hydrogens is 210 g/mol. The SMILES string of the molecule is CNCCC[S+]1CCCCS1.Cl. The standard InChI is InChI=1S/C8H18NS2.ClH/c1-9-5-4-8-11-7-3-2-6-10-11;/h9H,2-8H2,1H3;1H/q+1;. The Morgan fingerprint density at radius 1 is 1.42 bits per heavy atom. The van der Waals surface area contributed by atoms with Crippen molar-refractivity contribution in [2.24, 2.45) is 0 Å². The molecular formula is C8H19ClNS2+. The Balaban J connectivity index is 0.00000121. The third-order valence-corrected chi connectivity index (χ3v) is 6.59. The molecule has 1 fully saturated rings. The largest absolute Gasteiger partial charge is 0.320 e. The molecule has 0 bridgehead atoms. The third-order valence-electron chi connectivity index (χ3n) is 1.82. The van der Waals surface area contributed by atoms with Gasteiger partial charge in [-0.1, -0.05) is 0 Å². The molecule has 1 saturated heterocycles. The van der Waals surface area contributed by atoms with Crippen LogP contribution in [0, 0.1) is 0 Å². The van der Waals surface area contributed by atoms with E-state index in [1.807, 2.05) is 7.05 Å². The van der Waals surface area contributed by atoms with Crippen LogP contribution in [0.1, 0.15) is 19.3 Å². The van der Waals surface area contributed by atoms with Gasteiger partial charge in [0.25, 0.3) is 0 Å². The van der Waals surface area contributed by atoms with Gasteiger partial charge in [0, 0.05) is 12.2 Å². The Bertz CT molecular complexity index is 97.1. The smallest absolute Gasteiger partial charge is 0.121 e. The van der Waals surface area contributed by atoms with Crippen molar-refractivity contribution >= 4 is 33.1 Å². The molecule has 1 aliphatic heterocycles. The molecule has 0 aromatic heterocycles. The number of halogens is 1. The van der Waals surface area contributed by atoms with Crippen LogP contribution >= 0.6 is 23.2 Å². The summed E-state index contributed by atoms with van der Waals surface area (Å²) in [6.45, 7) is 1.20. The van der Waals surface area contributed by atoms with Crippen molar-refractivity contribution in [3.8, 4) is 0 Å². The van der Waals surface area contributed by atoms with Crippen LogP contribution in [-0.4, -0.2) is 30.9 Å². The van der Waals surface area contributed by atoms with Crippen molar-refractivity contribution < 1.29 is 0 Å². The van der Waals surface area contributed by atoms with Crippen LogP contribution in [0.25, 0.3) is 0 Å². The fourth-order valence-electron chi connectivity index (χ4n) is 1.17. The first kappa shape index (κ1) is 12.9. The Morgan fingerprint density at radius 2 is 2.25 bits per heavy atom. The summed E-state index contributed by atoms with van der Waals surface area (Å²) < 4.78 is 0. The second kappa shape index (κ2) is 8.54. The molecule has 0 aromatic rings. The van der Waals surface area contributed by atoms with Crippen molar-refractivity contribution in [3.05, 3.63) is 0 Å². The van der Waals surface area contributed by atoms with E-state index in [1.165, 1.54) is 43.1 Å². The quantitative estimate of drug-likeness (QED) is 0.449. The lowest BCUT2D eigenvalue weighted by Gasteiger charge is -2.10. The summed E-state index contributed by atoms with van der Waals surface area (Å²) in [7, 11) is 4.98. The van der Waals surface area contributed by atoms with Crippen molar-refractivity contribution in [2.75, 3.05) is 30.9 Å². The average molecular weight is 229 g/mol. The molecule has 0 radical (unpaired) electrons. The minimum Gasteiger partial charge on any atom is -0.320 e. The fourth-order valence-corrected chi connectivity index (χ4v) is 5.64. The summed E-state index contributed by atoms with van der Waals surface area (Å²) in [4.78, 5) is 0. The van der Waals surface area contributed by atoms with Crippen LogP contribution in [0.3, 0.4) is 0 Å². The van der Waals surface area contributed by atoms with Crippen LogP contribution in [-0.2, 0) is 9.93 Å². The highest BCUT2D eigenvalue weighted by Gasteiger charge is 2.22. The van der Waals surface area contributed by atoms with E-state index in [-0.39, 0.29) is 12.4 Å². The summed E-state index contributed by atoms with van der Waals surface area (Å²) in [6, 6.07) is 0. The summed E-state index contributed by atoms with van der Waals surface area (Å²) in [5.74, 6) is 4.36. The lowest BCUT2D eigenvalue weighted by atomic mass is 10.4. The second-order valence-corrected chi connectivity index (χ2v) is 7.30. The van der Waals surface area contributed by atoms with Gasteiger partial charge in [0.2, 0.25) is 0 Å². The van der Waals surface area contributed by atoms with Gasteiger partial charge in [-0.2, -0.15) is 0 Å². The molecule has 0 amide bonds. The van der Waals surface area contributed by atoms with E-state index in [0.29, 0.717) is 0 Å². The Labute approximate surface area is 88.6 Å². The summed E-state index contributed by atoms with van der Waals surface area (Å²) in [5.41, 5.74) is 0. The van der Waals surface area contributed by atoms with Gasteiger partial charge in [-0.05, 0) is 26.4 Å². The highest BCUT2D eigenvalue weighted by atomic mass is 35.5. The first-order chi connectivity index (χ1) is 5.43. The van der Waals surface area contributed by atoms with Crippen LogP contribution in [0.4, 0.5) is 0 Å². The normalized spacial score (nSPS) is 23.2. The van der Waals surface area contributed by atoms with Gasteiger partial charge in [-0.15, -0.1) is 12.4 Å². The van der Waals surface area contributed by atoms with Gasteiger partial charge in [0.15, 0.2) is 0 Å².